The Morgan fingerprint density at radius 1 is 1.67 bits per heavy atom. The van der Waals surface area contributed by atoms with Gasteiger partial charge in [0, 0.05) is 5.75 Å². The summed E-state index contributed by atoms with van der Waals surface area (Å²) in [5.74, 6) is -1.39. The van der Waals surface area contributed by atoms with Crippen LogP contribution in [0.15, 0.2) is 0 Å². The van der Waals surface area contributed by atoms with Crippen LogP contribution in [0.3, 0.4) is 0 Å². The summed E-state index contributed by atoms with van der Waals surface area (Å²) in [6, 6.07) is -1.19. The van der Waals surface area contributed by atoms with Crippen molar-refractivity contribution >= 4 is 29.0 Å². The molecule has 0 aromatic carbocycles. The Morgan fingerprint density at radius 2 is 2.08 bits per heavy atom. The number of carbonyl (C=O) groups is 1. The summed E-state index contributed by atoms with van der Waals surface area (Å²) in [6.45, 7) is 0. The van der Waals surface area contributed by atoms with Gasteiger partial charge in [0.2, 0.25) is 0 Å². The number of nitrogens with two attached hydrogens (primary N) is 1. The van der Waals surface area contributed by atoms with Crippen molar-refractivity contribution in [3.8, 4) is 0 Å². The predicted molar refractivity (Wildman–Crippen MR) is 37.6 cm³/mol. The van der Waals surface area contributed by atoms with Gasteiger partial charge in [-0.3, -0.25) is 0 Å². The van der Waals surface area contributed by atoms with Crippen LogP contribution in [0.1, 0.15) is 0 Å². The Bertz CT molecular complexity index is 239. The van der Waals surface area contributed by atoms with Gasteiger partial charge < -0.3 is 14.5 Å². The first-order valence-electron chi connectivity index (χ1n) is 2.42. The average Bonchev–Trinajstić information content (AvgIpc) is 1.82. The van der Waals surface area contributed by atoms with E-state index in [9.17, 15) is 17.8 Å². The minimum atomic E-state index is -4.99. The summed E-state index contributed by atoms with van der Waals surface area (Å²) < 4.78 is 32.7. The Labute approximate surface area is 97.5 Å². The van der Waals surface area contributed by atoms with Crippen LogP contribution in [0, 0.1) is 0 Å². The molecule has 1 atom stereocenters. The maximum absolute atomic E-state index is 10.4. The average molecular weight is 223 g/mol. The van der Waals surface area contributed by atoms with Crippen LogP contribution in [0.4, 0.5) is 0 Å². The van der Waals surface area contributed by atoms with Crippen LogP contribution in [-0.2, 0) is 19.4 Å². The van der Waals surface area contributed by atoms with Crippen molar-refractivity contribution in [2.24, 2.45) is 5.73 Å². The Balaban J connectivity index is 0. The topological polar surface area (TPSA) is 110 Å². The van der Waals surface area contributed by atoms with E-state index in [1.165, 1.54) is 0 Å². The molecule has 66 valence electrons. The summed E-state index contributed by atoms with van der Waals surface area (Å²) in [5, 5.41) is 0. The molecule has 0 aromatic rings. The third-order valence-electron chi connectivity index (χ3n) is 0.684. The smallest absolute Gasteiger partial charge is 0.716 e. The van der Waals surface area contributed by atoms with Crippen molar-refractivity contribution < 1.29 is 51.5 Å². The fraction of sp³-hybridized carbons (Fsp3) is 0.667. The molecule has 0 saturated carbocycles. The van der Waals surface area contributed by atoms with Crippen LogP contribution in [0.25, 0.3) is 0 Å². The summed E-state index contributed by atoms with van der Waals surface area (Å²) >= 11 is 3.58. The van der Waals surface area contributed by atoms with Crippen molar-refractivity contribution in [3.05, 3.63) is 0 Å². The molecule has 6 nitrogen and oxygen atoms in total. The van der Waals surface area contributed by atoms with Gasteiger partial charge in [-0.25, -0.2) is 13.2 Å². The zero-order valence-electron chi connectivity index (χ0n) is 6.26. The van der Waals surface area contributed by atoms with Crippen LogP contribution in [-0.4, -0.2) is 30.7 Å². The fourth-order valence-corrected chi connectivity index (χ4v) is 0.711. The van der Waals surface area contributed by atoms with E-state index in [1.54, 1.807) is 0 Å². The summed E-state index contributed by atoms with van der Waals surface area (Å²) in [6.07, 6.45) is 0. The van der Waals surface area contributed by atoms with E-state index in [2.05, 4.69) is 16.8 Å². The fourth-order valence-electron chi connectivity index (χ4n) is 0.237. The maximum atomic E-state index is 10.4. The van der Waals surface area contributed by atoms with Gasteiger partial charge in [0.1, 0.15) is 6.04 Å². The van der Waals surface area contributed by atoms with E-state index in [1.807, 2.05) is 0 Å². The maximum Gasteiger partial charge on any atom is 1.00 e. The molecule has 0 saturated heterocycles. The molecular formula is C3H6NNaO5S2. The van der Waals surface area contributed by atoms with Crippen LogP contribution >= 0.6 is 12.6 Å². The van der Waals surface area contributed by atoms with Gasteiger partial charge in [0.25, 0.3) is 10.4 Å². The van der Waals surface area contributed by atoms with Gasteiger partial charge >= 0.3 is 35.5 Å². The number of carbonyl (C=O) groups excluding carboxylic acids is 1. The number of hydrogen-bond donors (Lipinski definition) is 2. The normalized spacial score (nSPS) is 12.9. The Kier molecular flexibility index (Phi) is 7.83. The van der Waals surface area contributed by atoms with Gasteiger partial charge in [0.15, 0.2) is 0 Å². The molecule has 0 aliphatic rings. The molecule has 0 rings (SSSR count). The van der Waals surface area contributed by atoms with E-state index in [0.717, 1.165) is 0 Å². The van der Waals surface area contributed by atoms with E-state index in [4.69, 9.17) is 5.73 Å². The molecule has 0 aromatic heterocycles. The molecule has 1 unspecified atom stereocenters. The van der Waals surface area contributed by atoms with Gasteiger partial charge in [-0.2, -0.15) is 12.6 Å². The third-order valence-corrected chi connectivity index (χ3v) is 1.45. The molecular weight excluding hydrogens is 217 g/mol. The van der Waals surface area contributed by atoms with E-state index in [-0.39, 0.29) is 35.3 Å². The minimum absolute atomic E-state index is 0. The number of thiol groups is 1. The second-order valence-corrected chi connectivity index (χ2v) is 2.95. The summed E-state index contributed by atoms with van der Waals surface area (Å²) in [7, 11) is -4.99. The van der Waals surface area contributed by atoms with Crippen molar-refractivity contribution in [2.75, 3.05) is 5.75 Å². The number of hydrogen-bond acceptors (Lipinski definition) is 7. The van der Waals surface area contributed by atoms with Gasteiger partial charge in [-0.15, -0.1) is 0 Å². The molecule has 0 heterocycles. The van der Waals surface area contributed by atoms with Crippen molar-refractivity contribution in [3.63, 3.8) is 0 Å². The molecule has 0 bridgehead atoms. The van der Waals surface area contributed by atoms with E-state index < -0.39 is 22.4 Å². The molecule has 0 fully saturated rings. The van der Waals surface area contributed by atoms with Gasteiger partial charge in [-0.1, -0.05) is 0 Å². The quantitative estimate of drug-likeness (QED) is 0.215. The van der Waals surface area contributed by atoms with Gasteiger partial charge in [-0.05, 0) is 0 Å². The second-order valence-electron chi connectivity index (χ2n) is 1.60. The minimum Gasteiger partial charge on any atom is -0.716 e. The molecule has 0 amide bonds. The second kappa shape index (κ2) is 6.19. The third kappa shape index (κ3) is 7.35. The molecule has 0 radical (unpaired) electrons. The monoisotopic (exact) mass is 223 g/mol. The number of rotatable bonds is 3. The molecule has 0 aliphatic carbocycles. The summed E-state index contributed by atoms with van der Waals surface area (Å²) in [5.41, 5.74) is 4.97. The zero-order chi connectivity index (χ0) is 9.07. The standard InChI is InChI=1S/C3H7NO5S2.Na/c4-2(1-10)3(5)9-11(6,7)8;/h2,10H,1,4H2,(H,6,7,8);/q;+1/p-1. The first kappa shape index (κ1) is 15.2. The predicted octanol–water partition coefficient (Wildman–Crippen LogP) is -4.75. The van der Waals surface area contributed by atoms with Crippen LogP contribution in [0.2, 0.25) is 0 Å². The van der Waals surface area contributed by atoms with Crippen molar-refractivity contribution in [1.29, 1.82) is 0 Å². The SMILES string of the molecule is NC(CS)C(=O)OS(=O)(=O)[O-].[Na+]. The first-order chi connectivity index (χ1) is 4.87. The van der Waals surface area contributed by atoms with E-state index >= 15 is 0 Å². The first-order valence-corrected chi connectivity index (χ1v) is 4.39. The Hall–Kier alpha value is 0.690. The molecule has 9 heteroatoms. The van der Waals surface area contributed by atoms with Crippen LogP contribution < -0.4 is 35.3 Å². The van der Waals surface area contributed by atoms with Crippen LogP contribution in [0.5, 0.6) is 0 Å². The molecule has 12 heavy (non-hydrogen) atoms. The van der Waals surface area contributed by atoms with Crippen molar-refractivity contribution in [2.45, 2.75) is 6.04 Å². The zero-order valence-corrected chi connectivity index (χ0v) is 9.97. The Morgan fingerprint density at radius 3 is 2.33 bits per heavy atom. The molecule has 0 spiro atoms. The van der Waals surface area contributed by atoms with Gasteiger partial charge in [0.05, 0.1) is 0 Å². The summed E-state index contributed by atoms with van der Waals surface area (Å²) in [4.78, 5) is 10.4. The van der Waals surface area contributed by atoms with Crippen molar-refractivity contribution in [1.82, 2.24) is 0 Å². The van der Waals surface area contributed by atoms with E-state index in [0.29, 0.717) is 0 Å². The molecule has 0 aliphatic heterocycles. The largest absolute Gasteiger partial charge is 1.00 e. The molecule has 2 N–H and O–H groups in total.